The van der Waals surface area contributed by atoms with E-state index in [1.807, 2.05) is 18.2 Å². The summed E-state index contributed by atoms with van der Waals surface area (Å²) in [6.45, 7) is 0.987. The van der Waals surface area contributed by atoms with Gasteiger partial charge in [-0.15, -0.1) is 0 Å². The Balaban J connectivity index is 2.25. The van der Waals surface area contributed by atoms with Gasteiger partial charge in [-0.1, -0.05) is 30.0 Å². The summed E-state index contributed by atoms with van der Waals surface area (Å²) in [6, 6.07) is 5.88. The van der Waals surface area contributed by atoms with Crippen molar-refractivity contribution < 1.29 is 0 Å². The molecule has 2 nitrogen and oxygen atoms in total. The smallest absolute Gasteiger partial charge is 0.142 e. The minimum absolute atomic E-state index is 0.939. The predicted octanol–water partition coefficient (Wildman–Crippen LogP) is 1.92. The molecule has 2 rings (SSSR count). The summed E-state index contributed by atoms with van der Waals surface area (Å²) in [5, 5.41) is 0. The molecule has 1 fully saturated rings. The van der Waals surface area contributed by atoms with E-state index in [0.717, 1.165) is 22.4 Å². The molecule has 0 bridgehead atoms. The molecule has 0 saturated carbocycles. The van der Waals surface area contributed by atoms with Crippen LogP contribution in [-0.2, 0) is 0 Å². The van der Waals surface area contributed by atoms with E-state index >= 15 is 0 Å². The maximum absolute atomic E-state index is 5.17. The number of rotatable bonds is 1. The van der Waals surface area contributed by atoms with Crippen molar-refractivity contribution in [3.8, 4) is 0 Å². The van der Waals surface area contributed by atoms with Crippen LogP contribution in [0.5, 0.6) is 0 Å². The van der Waals surface area contributed by atoms with Crippen LogP contribution in [0.25, 0.3) is 0 Å². The highest BCUT2D eigenvalue weighted by Crippen LogP contribution is 2.22. The second kappa shape index (κ2) is 3.41. The van der Waals surface area contributed by atoms with E-state index in [2.05, 4.69) is 9.88 Å². The number of nitrogens with zero attached hydrogens (tertiary/aromatic N) is 2. The van der Waals surface area contributed by atoms with Crippen LogP contribution < -0.4 is 4.90 Å². The highest BCUT2D eigenvalue weighted by molar-refractivity contribution is 8.23. The van der Waals surface area contributed by atoms with Crippen LogP contribution in [0.3, 0.4) is 0 Å². The molecule has 1 aromatic rings. The molecule has 0 spiro atoms. The molecule has 1 aromatic heterocycles. The first-order valence-electron chi connectivity index (χ1n) is 3.73. The van der Waals surface area contributed by atoms with E-state index in [0.29, 0.717) is 0 Å². The third-order valence-electron chi connectivity index (χ3n) is 1.69. The zero-order chi connectivity index (χ0) is 8.39. The molecule has 4 heteroatoms. The van der Waals surface area contributed by atoms with Crippen molar-refractivity contribution in [1.82, 2.24) is 4.98 Å². The molecule has 0 N–H and O–H groups in total. The van der Waals surface area contributed by atoms with Gasteiger partial charge in [0.15, 0.2) is 0 Å². The Labute approximate surface area is 81.0 Å². The van der Waals surface area contributed by atoms with Crippen LogP contribution in [-0.4, -0.2) is 21.6 Å². The third kappa shape index (κ3) is 1.44. The van der Waals surface area contributed by atoms with Gasteiger partial charge < -0.3 is 4.90 Å². The van der Waals surface area contributed by atoms with Crippen molar-refractivity contribution in [3.63, 3.8) is 0 Å². The maximum Gasteiger partial charge on any atom is 0.142 e. The molecule has 2 heterocycles. The number of thioether (sulfide) groups is 1. The van der Waals surface area contributed by atoms with Gasteiger partial charge in [-0.05, 0) is 12.1 Å². The number of hydrogen-bond acceptors (Lipinski definition) is 3. The third-order valence-corrected chi connectivity index (χ3v) is 3.11. The highest BCUT2D eigenvalue weighted by atomic mass is 32.2. The van der Waals surface area contributed by atoms with Crippen molar-refractivity contribution in [1.29, 1.82) is 0 Å². The van der Waals surface area contributed by atoms with Crippen LogP contribution in [0.2, 0.25) is 0 Å². The van der Waals surface area contributed by atoms with Gasteiger partial charge in [-0.3, -0.25) is 0 Å². The summed E-state index contributed by atoms with van der Waals surface area (Å²) in [5.41, 5.74) is 0. The molecule has 0 radical (unpaired) electrons. The maximum atomic E-state index is 5.17. The molecular formula is C8H8N2S2. The Morgan fingerprint density at radius 3 is 3.00 bits per heavy atom. The average Bonchev–Trinajstić information content (AvgIpc) is 2.53. The summed E-state index contributed by atoms with van der Waals surface area (Å²) in [5.74, 6) is 2.04. The van der Waals surface area contributed by atoms with Crippen LogP contribution in [0.15, 0.2) is 24.4 Å². The standard InChI is InChI=1S/C8H8N2S2/c11-8-10(5-6-12-8)7-3-1-2-4-9-7/h1-4H,5-6H2. The van der Waals surface area contributed by atoms with Gasteiger partial charge >= 0.3 is 0 Å². The Morgan fingerprint density at radius 1 is 1.50 bits per heavy atom. The zero-order valence-corrected chi connectivity index (χ0v) is 8.07. The van der Waals surface area contributed by atoms with Crippen LogP contribution >= 0.6 is 24.0 Å². The monoisotopic (exact) mass is 196 g/mol. The minimum Gasteiger partial charge on any atom is -0.311 e. The van der Waals surface area contributed by atoms with Crippen molar-refractivity contribution in [2.24, 2.45) is 0 Å². The molecule has 62 valence electrons. The van der Waals surface area contributed by atoms with Gasteiger partial charge in [0, 0.05) is 18.5 Å². The van der Waals surface area contributed by atoms with Crippen LogP contribution in [0.4, 0.5) is 5.82 Å². The lowest BCUT2D eigenvalue weighted by Gasteiger charge is -2.14. The SMILES string of the molecule is S=C1SCCN1c1ccccn1. The lowest BCUT2D eigenvalue weighted by molar-refractivity contribution is 1.07. The van der Waals surface area contributed by atoms with Gasteiger partial charge in [0.25, 0.3) is 0 Å². The van der Waals surface area contributed by atoms with Crippen LogP contribution in [0, 0.1) is 0 Å². The van der Waals surface area contributed by atoms with E-state index in [1.54, 1.807) is 18.0 Å². The number of anilines is 1. The normalized spacial score (nSPS) is 17.0. The van der Waals surface area contributed by atoms with Crippen molar-refractivity contribution in [2.75, 3.05) is 17.2 Å². The Kier molecular flexibility index (Phi) is 2.28. The lowest BCUT2D eigenvalue weighted by Crippen LogP contribution is -2.22. The second-order valence-corrected chi connectivity index (χ2v) is 4.18. The van der Waals surface area contributed by atoms with Crippen molar-refractivity contribution in [3.05, 3.63) is 24.4 Å². The number of hydrogen-bond donors (Lipinski definition) is 0. The highest BCUT2D eigenvalue weighted by Gasteiger charge is 2.19. The quantitative estimate of drug-likeness (QED) is 0.638. The number of pyridine rings is 1. The molecule has 0 unspecified atom stereocenters. The summed E-state index contributed by atoms with van der Waals surface area (Å²) in [6.07, 6.45) is 1.79. The Hall–Kier alpha value is -0.610. The second-order valence-electron chi connectivity index (χ2n) is 2.45. The number of aromatic nitrogens is 1. The largest absolute Gasteiger partial charge is 0.311 e. The molecule has 1 saturated heterocycles. The van der Waals surface area contributed by atoms with Crippen molar-refractivity contribution in [2.45, 2.75) is 0 Å². The Morgan fingerprint density at radius 2 is 2.42 bits per heavy atom. The topological polar surface area (TPSA) is 16.1 Å². The Bertz CT molecular complexity index is 286. The molecule has 12 heavy (non-hydrogen) atoms. The van der Waals surface area contributed by atoms with Gasteiger partial charge in [0.1, 0.15) is 10.1 Å². The molecule has 0 atom stereocenters. The molecule has 0 aromatic carbocycles. The predicted molar refractivity (Wildman–Crippen MR) is 56.6 cm³/mol. The van der Waals surface area contributed by atoms with Gasteiger partial charge in [0.05, 0.1) is 0 Å². The zero-order valence-electron chi connectivity index (χ0n) is 6.43. The fourth-order valence-electron chi connectivity index (χ4n) is 1.11. The summed E-state index contributed by atoms with van der Waals surface area (Å²) < 4.78 is 0.939. The molecule has 1 aliphatic heterocycles. The van der Waals surface area contributed by atoms with Crippen molar-refractivity contribution >= 4 is 34.1 Å². The lowest BCUT2D eigenvalue weighted by atomic mass is 10.4. The molecule has 1 aliphatic rings. The van der Waals surface area contributed by atoms with Gasteiger partial charge in [-0.2, -0.15) is 0 Å². The van der Waals surface area contributed by atoms with E-state index in [-0.39, 0.29) is 0 Å². The van der Waals surface area contributed by atoms with Crippen LogP contribution in [0.1, 0.15) is 0 Å². The first kappa shape index (κ1) is 8.01. The van der Waals surface area contributed by atoms with E-state index in [9.17, 15) is 0 Å². The molecule has 0 amide bonds. The average molecular weight is 196 g/mol. The molecule has 0 aliphatic carbocycles. The van der Waals surface area contributed by atoms with E-state index in [4.69, 9.17) is 12.2 Å². The first-order chi connectivity index (χ1) is 5.88. The van der Waals surface area contributed by atoms with Gasteiger partial charge in [-0.25, -0.2) is 4.98 Å². The van der Waals surface area contributed by atoms with Gasteiger partial charge in [0.2, 0.25) is 0 Å². The summed E-state index contributed by atoms with van der Waals surface area (Å²) in [4.78, 5) is 6.31. The fraction of sp³-hybridized carbons (Fsp3) is 0.250. The van der Waals surface area contributed by atoms with E-state index in [1.165, 1.54) is 0 Å². The summed E-state index contributed by atoms with van der Waals surface area (Å²) >= 11 is 6.89. The molecular weight excluding hydrogens is 188 g/mol. The fourth-order valence-corrected chi connectivity index (χ4v) is 2.34. The first-order valence-corrected chi connectivity index (χ1v) is 5.12. The number of thiocarbonyl (C=S) groups is 1. The summed E-state index contributed by atoms with van der Waals surface area (Å²) in [7, 11) is 0. The van der Waals surface area contributed by atoms with E-state index < -0.39 is 0 Å². The minimum atomic E-state index is 0.939.